The third kappa shape index (κ3) is 2.84. The van der Waals surface area contributed by atoms with Crippen molar-refractivity contribution in [1.29, 1.82) is 0 Å². The maximum atomic E-state index is 4.82. The number of aryl methyl sites for hydroxylation is 1. The summed E-state index contributed by atoms with van der Waals surface area (Å²) in [4.78, 5) is 10.3. The Morgan fingerprint density at radius 3 is 2.86 bits per heavy atom. The van der Waals surface area contributed by atoms with E-state index >= 15 is 0 Å². The molecule has 0 spiro atoms. The number of hydrogen-bond donors (Lipinski definition) is 1. The fourth-order valence-electron chi connectivity index (χ4n) is 2.73. The SMILES string of the molecule is CCNC(Cc1nc2ccccc2n1CC)c1cncs1. The maximum Gasteiger partial charge on any atom is 0.111 e. The molecule has 3 rings (SSSR count). The zero-order chi connectivity index (χ0) is 14.7. The van der Waals surface area contributed by atoms with Crippen molar-refractivity contribution in [3.8, 4) is 0 Å². The van der Waals surface area contributed by atoms with Gasteiger partial charge in [0.1, 0.15) is 5.82 Å². The normalized spacial score (nSPS) is 12.9. The summed E-state index contributed by atoms with van der Waals surface area (Å²) in [5.74, 6) is 1.14. The van der Waals surface area contributed by atoms with E-state index in [2.05, 4.69) is 46.9 Å². The molecule has 1 aromatic carbocycles. The maximum absolute atomic E-state index is 4.82. The molecule has 1 N–H and O–H groups in total. The van der Waals surface area contributed by atoms with Gasteiger partial charge in [-0.2, -0.15) is 0 Å². The van der Waals surface area contributed by atoms with Crippen LogP contribution in [0.25, 0.3) is 11.0 Å². The molecule has 5 heteroatoms. The minimum Gasteiger partial charge on any atom is -0.328 e. The predicted octanol–water partition coefficient (Wildman–Crippen LogP) is 3.41. The zero-order valence-electron chi connectivity index (χ0n) is 12.4. The Balaban J connectivity index is 1.95. The number of nitrogens with one attached hydrogen (secondary N) is 1. The van der Waals surface area contributed by atoms with Gasteiger partial charge in [0.15, 0.2) is 0 Å². The topological polar surface area (TPSA) is 42.7 Å². The molecule has 0 amide bonds. The third-order valence-electron chi connectivity index (χ3n) is 3.68. The van der Waals surface area contributed by atoms with E-state index in [1.807, 2.05) is 17.8 Å². The number of fused-ring (bicyclic) bond motifs is 1. The number of nitrogens with zero attached hydrogens (tertiary/aromatic N) is 3. The molecule has 2 heterocycles. The molecule has 3 aromatic rings. The lowest BCUT2D eigenvalue weighted by atomic mass is 10.1. The quantitative estimate of drug-likeness (QED) is 0.758. The Kier molecular flexibility index (Phi) is 4.31. The zero-order valence-corrected chi connectivity index (χ0v) is 13.2. The lowest BCUT2D eigenvalue weighted by molar-refractivity contribution is 0.531. The van der Waals surface area contributed by atoms with Crippen LogP contribution in [0.4, 0.5) is 0 Å². The van der Waals surface area contributed by atoms with Gasteiger partial charge in [0.2, 0.25) is 0 Å². The second kappa shape index (κ2) is 6.37. The highest BCUT2D eigenvalue weighted by atomic mass is 32.1. The van der Waals surface area contributed by atoms with E-state index in [-0.39, 0.29) is 6.04 Å². The first-order chi connectivity index (χ1) is 10.3. The summed E-state index contributed by atoms with van der Waals surface area (Å²) in [5, 5.41) is 3.55. The summed E-state index contributed by atoms with van der Waals surface area (Å²) >= 11 is 1.70. The molecule has 0 aliphatic carbocycles. The first-order valence-electron chi connectivity index (χ1n) is 7.39. The molecule has 0 bridgehead atoms. The second-order valence-electron chi connectivity index (χ2n) is 4.98. The smallest absolute Gasteiger partial charge is 0.111 e. The molecule has 0 aliphatic rings. The van der Waals surface area contributed by atoms with E-state index < -0.39 is 0 Å². The van der Waals surface area contributed by atoms with E-state index in [0.717, 1.165) is 30.9 Å². The van der Waals surface area contributed by atoms with Crippen LogP contribution in [0.2, 0.25) is 0 Å². The molecule has 4 nitrogen and oxygen atoms in total. The Hall–Kier alpha value is -1.72. The molecule has 0 aliphatic heterocycles. The van der Waals surface area contributed by atoms with Crippen molar-refractivity contribution in [3.05, 3.63) is 46.7 Å². The molecule has 21 heavy (non-hydrogen) atoms. The van der Waals surface area contributed by atoms with Gasteiger partial charge >= 0.3 is 0 Å². The first-order valence-corrected chi connectivity index (χ1v) is 8.27. The minimum atomic E-state index is 0.282. The van der Waals surface area contributed by atoms with Gasteiger partial charge in [0.25, 0.3) is 0 Å². The van der Waals surface area contributed by atoms with Crippen LogP contribution in [0, 0.1) is 0 Å². The number of para-hydroxylation sites is 2. The lowest BCUT2D eigenvalue weighted by Gasteiger charge is -2.16. The highest BCUT2D eigenvalue weighted by molar-refractivity contribution is 7.09. The number of hydrogen-bond acceptors (Lipinski definition) is 4. The van der Waals surface area contributed by atoms with Gasteiger partial charge in [-0.3, -0.25) is 4.98 Å². The monoisotopic (exact) mass is 300 g/mol. The van der Waals surface area contributed by atoms with Gasteiger partial charge < -0.3 is 9.88 Å². The molecule has 1 unspecified atom stereocenters. The van der Waals surface area contributed by atoms with Crippen LogP contribution in [-0.2, 0) is 13.0 Å². The number of likely N-dealkylation sites (N-methyl/N-ethyl adjacent to an activating group) is 1. The second-order valence-corrected chi connectivity index (χ2v) is 5.90. The molecular weight excluding hydrogens is 280 g/mol. The molecule has 0 saturated heterocycles. The minimum absolute atomic E-state index is 0.282. The van der Waals surface area contributed by atoms with Gasteiger partial charge in [-0.05, 0) is 25.6 Å². The van der Waals surface area contributed by atoms with Crippen molar-refractivity contribution >= 4 is 22.4 Å². The lowest BCUT2D eigenvalue weighted by Crippen LogP contribution is -2.23. The molecule has 0 radical (unpaired) electrons. The van der Waals surface area contributed by atoms with E-state index in [0.29, 0.717) is 0 Å². The van der Waals surface area contributed by atoms with E-state index in [1.54, 1.807) is 11.3 Å². The van der Waals surface area contributed by atoms with E-state index in [9.17, 15) is 0 Å². The van der Waals surface area contributed by atoms with Crippen LogP contribution < -0.4 is 5.32 Å². The van der Waals surface area contributed by atoms with Gasteiger partial charge in [-0.25, -0.2) is 4.98 Å². The summed E-state index contributed by atoms with van der Waals surface area (Å²) in [6, 6.07) is 8.63. The van der Waals surface area contributed by atoms with Crippen molar-refractivity contribution in [1.82, 2.24) is 19.9 Å². The van der Waals surface area contributed by atoms with Gasteiger partial charge in [-0.1, -0.05) is 19.1 Å². The number of aromatic nitrogens is 3. The van der Waals surface area contributed by atoms with Crippen molar-refractivity contribution < 1.29 is 0 Å². The largest absolute Gasteiger partial charge is 0.328 e. The highest BCUT2D eigenvalue weighted by Crippen LogP contribution is 2.24. The Bertz CT molecular complexity index is 702. The van der Waals surface area contributed by atoms with Crippen LogP contribution in [0.1, 0.15) is 30.6 Å². The molecule has 0 saturated carbocycles. The van der Waals surface area contributed by atoms with Crippen molar-refractivity contribution in [3.63, 3.8) is 0 Å². The molecule has 0 fully saturated rings. The van der Waals surface area contributed by atoms with Gasteiger partial charge in [0, 0.05) is 24.0 Å². The van der Waals surface area contributed by atoms with Crippen LogP contribution in [0.3, 0.4) is 0 Å². The summed E-state index contributed by atoms with van der Waals surface area (Å²) in [6.45, 7) is 6.19. The molecule has 1 atom stereocenters. The predicted molar refractivity (Wildman–Crippen MR) is 87.6 cm³/mol. The van der Waals surface area contributed by atoms with E-state index in [1.165, 1.54) is 10.4 Å². The number of thiazole rings is 1. The highest BCUT2D eigenvalue weighted by Gasteiger charge is 2.17. The summed E-state index contributed by atoms with van der Waals surface area (Å²) in [7, 11) is 0. The molecule has 110 valence electrons. The van der Waals surface area contributed by atoms with Crippen LogP contribution >= 0.6 is 11.3 Å². The van der Waals surface area contributed by atoms with Crippen molar-refractivity contribution in [2.24, 2.45) is 0 Å². The van der Waals surface area contributed by atoms with Gasteiger partial charge in [-0.15, -0.1) is 11.3 Å². The van der Waals surface area contributed by atoms with Crippen LogP contribution in [-0.4, -0.2) is 21.1 Å². The number of benzene rings is 1. The summed E-state index contributed by atoms with van der Waals surface area (Å²) in [5.41, 5.74) is 4.19. The van der Waals surface area contributed by atoms with E-state index in [4.69, 9.17) is 4.98 Å². The fraction of sp³-hybridized carbons (Fsp3) is 0.375. The Morgan fingerprint density at radius 2 is 2.14 bits per heavy atom. The number of rotatable bonds is 6. The number of imidazole rings is 1. The molecular formula is C16H20N4S. The molecule has 2 aromatic heterocycles. The Morgan fingerprint density at radius 1 is 1.29 bits per heavy atom. The van der Waals surface area contributed by atoms with Crippen LogP contribution in [0.15, 0.2) is 36.0 Å². The van der Waals surface area contributed by atoms with Gasteiger partial charge in [0.05, 0.1) is 22.6 Å². The summed E-state index contributed by atoms with van der Waals surface area (Å²) < 4.78 is 2.31. The fourth-order valence-corrected chi connectivity index (χ4v) is 3.43. The van der Waals surface area contributed by atoms with Crippen LogP contribution in [0.5, 0.6) is 0 Å². The average molecular weight is 300 g/mol. The van der Waals surface area contributed by atoms with Crippen molar-refractivity contribution in [2.75, 3.05) is 6.54 Å². The Labute approximate surface area is 128 Å². The standard InChI is InChI=1S/C16H20N4S/c1-3-18-13(15-10-17-11-21-15)9-16-19-12-7-5-6-8-14(12)20(16)4-2/h5-8,10-11,13,18H,3-4,9H2,1-2H3. The first kappa shape index (κ1) is 14.2. The van der Waals surface area contributed by atoms with Crippen molar-refractivity contribution in [2.45, 2.75) is 32.9 Å². The third-order valence-corrected chi connectivity index (χ3v) is 4.57. The summed E-state index contributed by atoms with van der Waals surface area (Å²) in [6.07, 6.45) is 2.84. The average Bonchev–Trinajstić information content (AvgIpc) is 3.14.